The third-order valence-electron chi connectivity index (χ3n) is 1.03. The normalized spacial score (nSPS) is 12.5. The Morgan fingerprint density at radius 3 is 2.64 bits per heavy atom. The van der Waals surface area contributed by atoms with Crippen molar-refractivity contribution in [3.63, 3.8) is 0 Å². The van der Waals surface area contributed by atoms with Gasteiger partial charge in [0.05, 0.1) is 5.02 Å². The summed E-state index contributed by atoms with van der Waals surface area (Å²) in [5.41, 5.74) is 0. The molecule has 0 heterocycles. The van der Waals surface area contributed by atoms with Gasteiger partial charge in [0, 0.05) is 0 Å². The van der Waals surface area contributed by atoms with Gasteiger partial charge < -0.3 is 9.42 Å². The van der Waals surface area contributed by atoms with Crippen LogP contribution < -0.4 is 4.52 Å². The Kier molecular flexibility index (Phi) is 2.94. The summed E-state index contributed by atoms with van der Waals surface area (Å²) >= 11 is 5.61. The Morgan fingerprint density at radius 2 is 2.09 bits per heavy atom. The van der Waals surface area contributed by atoms with Gasteiger partial charge >= 0.3 is 8.25 Å². The van der Waals surface area contributed by atoms with Crippen molar-refractivity contribution in [3.8, 4) is 5.75 Å². The molecular weight excluding hydrogens is 186 g/mol. The zero-order valence-corrected chi connectivity index (χ0v) is 7.21. The molecule has 1 unspecified atom stereocenters. The maximum absolute atomic E-state index is 10.2. The highest BCUT2D eigenvalue weighted by Crippen LogP contribution is 2.29. The van der Waals surface area contributed by atoms with Gasteiger partial charge in [-0.15, -0.1) is 0 Å². The first-order valence-corrected chi connectivity index (χ1v) is 4.49. The Bertz CT molecular complexity index is 276. The van der Waals surface area contributed by atoms with Crippen molar-refractivity contribution in [1.82, 2.24) is 0 Å². The highest BCUT2D eigenvalue weighted by atomic mass is 35.5. The molecule has 0 spiro atoms. The van der Waals surface area contributed by atoms with Crippen LogP contribution in [0.15, 0.2) is 24.3 Å². The fourth-order valence-electron chi connectivity index (χ4n) is 0.622. The molecule has 1 atom stereocenters. The predicted octanol–water partition coefficient (Wildman–Crippen LogP) is 2.10. The first kappa shape index (κ1) is 8.60. The molecule has 0 radical (unpaired) electrons. The largest absolute Gasteiger partial charge is 0.425 e. The Morgan fingerprint density at radius 1 is 1.45 bits per heavy atom. The van der Waals surface area contributed by atoms with E-state index >= 15 is 0 Å². The van der Waals surface area contributed by atoms with Crippen molar-refractivity contribution in [3.05, 3.63) is 29.3 Å². The molecule has 1 aromatic carbocycles. The van der Waals surface area contributed by atoms with Crippen LogP contribution in [-0.2, 0) is 4.57 Å². The second kappa shape index (κ2) is 3.77. The van der Waals surface area contributed by atoms with Gasteiger partial charge in [-0.25, -0.2) is 4.57 Å². The smallest absolute Gasteiger partial charge is 0.365 e. The molecule has 0 aromatic heterocycles. The van der Waals surface area contributed by atoms with Gasteiger partial charge in [0.25, 0.3) is 0 Å². The zero-order valence-electron chi connectivity index (χ0n) is 5.45. The zero-order chi connectivity index (χ0) is 8.27. The van der Waals surface area contributed by atoms with Crippen molar-refractivity contribution in [2.45, 2.75) is 0 Å². The monoisotopic (exact) mass is 192 g/mol. The van der Waals surface area contributed by atoms with Crippen molar-refractivity contribution >= 4 is 19.9 Å². The minimum absolute atomic E-state index is 0.237. The lowest BCUT2D eigenvalue weighted by Gasteiger charge is -2.01. The summed E-state index contributed by atoms with van der Waals surface area (Å²) in [4.78, 5) is 8.40. The van der Waals surface area contributed by atoms with E-state index in [2.05, 4.69) is 4.52 Å². The number of para-hydroxylation sites is 1. The van der Waals surface area contributed by atoms with Gasteiger partial charge in [-0.05, 0) is 12.1 Å². The van der Waals surface area contributed by atoms with Crippen molar-refractivity contribution in [1.29, 1.82) is 0 Å². The lowest BCUT2D eigenvalue weighted by Crippen LogP contribution is -1.79. The van der Waals surface area contributed by atoms with Crippen LogP contribution in [0.1, 0.15) is 0 Å². The summed E-state index contributed by atoms with van der Waals surface area (Å²) in [6.45, 7) is 0. The van der Waals surface area contributed by atoms with Crippen LogP contribution in [0, 0.1) is 0 Å². The van der Waals surface area contributed by atoms with E-state index in [0.29, 0.717) is 5.02 Å². The minimum Gasteiger partial charge on any atom is -0.425 e. The highest BCUT2D eigenvalue weighted by Gasteiger charge is 2.00. The molecule has 0 saturated heterocycles. The number of halogens is 1. The predicted molar refractivity (Wildman–Crippen MR) is 43.3 cm³/mol. The summed E-state index contributed by atoms with van der Waals surface area (Å²) in [6, 6.07) is 6.50. The fourth-order valence-corrected chi connectivity index (χ4v) is 1.23. The molecule has 3 nitrogen and oxygen atoms in total. The van der Waals surface area contributed by atoms with E-state index < -0.39 is 8.25 Å². The topological polar surface area (TPSA) is 46.5 Å². The van der Waals surface area contributed by atoms with E-state index in [4.69, 9.17) is 16.5 Å². The van der Waals surface area contributed by atoms with E-state index in [1.165, 1.54) is 6.07 Å². The van der Waals surface area contributed by atoms with Crippen molar-refractivity contribution in [2.75, 3.05) is 0 Å². The Balaban J connectivity index is 2.86. The van der Waals surface area contributed by atoms with Gasteiger partial charge in [-0.3, -0.25) is 0 Å². The molecule has 0 aliphatic rings. The molecule has 0 fully saturated rings. The maximum Gasteiger partial charge on any atom is 0.365 e. The molecule has 0 aliphatic heterocycles. The SMILES string of the molecule is O=[PH](O)Oc1ccccc1Cl. The molecule has 1 rings (SSSR count). The summed E-state index contributed by atoms with van der Waals surface area (Å²) in [5, 5.41) is 0.333. The summed E-state index contributed by atoms with van der Waals surface area (Å²) in [5.74, 6) is 0.237. The molecule has 0 aliphatic carbocycles. The summed E-state index contributed by atoms with van der Waals surface area (Å²) < 4.78 is 14.7. The van der Waals surface area contributed by atoms with E-state index in [9.17, 15) is 4.57 Å². The molecule has 1 N–H and O–H groups in total. The highest BCUT2D eigenvalue weighted by molar-refractivity contribution is 7.32. The third kappa shape index (κ3) is 2.54. The molecule has 11 heavy (non-hydrogen) atoms. The number of hydrogen-bond donors (Lipinski definition) is 1. The van der Waals surface area contributed by atoms with Crippen LogP contribution in [0.5, 0.6) is 5.75 Å². The third-order valence-corrected chi connectivity index (χ3v) is 1.74. The average Bonchev–Trinajstić information content (AvgIpc) is 1.93. The van der Waals surface area contributed by atoms with Gasteiger partial charge in [0.1, 0.15) is 5.75 Å². The van der Waals surface area contributed by atoms with Crippen LogP contribution in [0.3, 0.4) is 0 Å². The van der Waals surface area contributed by atoms with Gasteiger partial charge in [0.15, 0.2) is 0 Å². The molecule has 60 valence electrons. The standard InChI is InChI=1S/C6H6ClO3P/c7-5-3-1-2-4-6(5)10-11(8)9/h1-4,11H,(H,8,9). The van der Waals surface area contributed by atoms with E-state index in [1.807, 2.05) is 0 Å². The first-order chi connectivity index (χ1) is 5.20. The second-order valence-electron chi connectivity index (χ2n) is 1.80. The molecule has 0 amide bonds. The average molecular weight is 193 g/mol. The van der Waals surface area contributed by atoms with Gasteiger partial charge in [-0.2, -0.15) is 0 Å². The lowest BCUT2D eigenvalue weighted by atomic mass is 10.3. The minimum atomic E-state index is -2.94. The summed E-state index contributed by atoms with van der Waals surface area (Å²) in [7, 11) is -2.94. The first-order valence-electron chi connectivity index (χ1n) is 2.85. The van der Waals surface area contributed by atoms with Crippen molar-refractivity contribution < 1.29 is 14.0 Å². The van der Waals surface area contributed by atoms with E-state index in [-0.39, 0.29) is 5.75 Å². The van der Waals surface area contributed by atoms with Crippen LogP contribution in [0.2, 0.25) is 5.02 Å². The molecule has 5 heteroatoms. The molecular formula is C6H6ClO3P. The molecule has 0 bridgehead atoms. The van der Waals surface area contributed by atoms with Gasteiger partial charge in [-0.1, -0.05) is 23.7 Å². The Hall–Kier alpha value is -0.500. The number of hydrogen-bond acceptors (Lipinski definition) is 2. The Labute approximate surface area is 69.5 Å². The van der Waals surface area contributed by atoms with Crippen LogP contribution in [0.4, 0.5) is 0 Å². The number of rotatable bonds is 2. The quantitative estimate of drug-likeness (QED) is 0.730. The molecule has 0 saturated carbocycles. The van der Waals surface area contributed by atoms with E-state index in [1.54, 1.807) is 18.2 Å². The second-order valence-corrected chi connectivity index (χ2v) is 2.94. The van der Waals surface area contributed by atoms with Crippen LogP contribution in [-0.4, -0.2) is 4.89 Å². The van der Waals surface area contributed by atoms with Crippen molar-refractivity contribution in [2.24, 2.45) is 0 Å². The van der Waals surface area contributed by atoms with E-state index in [0.717, 1.165) is 0 Å². The molecule has 1 aromatic rings. The van der Waals surface area contributed by atoms with Gasteiger partial charge in [0.2, 0.25) is 0 Å². The maximum atomic E-state index is 10.2. The number of benzene rings is 1. The fraction of sp³-hybridized carbons (Fsp3) is 0. The summed E-state index contributed by atoms with van der Waals surface area (Å²) in [6.07, 6.45) is 0. The van der Waals surface area contributed by atoms with Crippen LogP contribution in [0.25, 0.3) is 0 Å². The lowest BCUT2D eigenvalue weighted by molar-refractivity contribution is 0.410. The van der Waals surface area contributed by atoms with Crippen LogP contribution >= 0.6 is 19.9 Å².